The zero-order chi connectivity index (χ0) is 16.7. The summed E-state index contributed by atoms with van der Waals surface area (Å²) in [7, 11) is 0. The van der Waals surface area contributed by atoms with E-state index in [0.717, 1.165) is 24.1 Å². The fourth-order valence-corrected chi connectivity index (χ4v) is 2.70. The van der Waals surface area contributed by atoms with Gasteiger partial charge in [-0.15, -0.1) is 0 Å². The Labute approximate surface area is 139 Å². The van der Waals surface area contributed by atoms with Gasteiger partial charge in [0.25, 0.3) is 5.91 Å². The summed E-state index contributed by atoms with van der Waals surface area (Å²) < 4.78 is 0. The molecule has 23 heavy (non-hydrogen) atoms. The molecular weight excluding hydrogens is 284 g/mol. The van der Waals surface area contributed by atoms with Crippen LogP contribution in [0.5, 0.6) is 0 Å². The standard InChI is InChI=1S/C20H26N2O/c1-4-17(5-2)21-19(16-9-7-6-8-10-16)20(23)22-18-13-11-15(3)12-14-18/h6-14,17,19,21H,4-5H2,1-3H3,(H,22,23)/p+1/t19-/m1/s1. The second-order valence-electron chi connectivity index (χ2n) is 6.01. The number of amides is 1. The summed E-state index contributed by atoms with van der Waals surface area (Å²) in [5.41, 5.74) is 3.08. The van der Waals surface area contributed by atoms with Crippen LogP contribution in [0.2, 0.25) is 0 Å². The van der Waals surface area contributed by atoms with E-state index in [4.69, 9.17) is 0 Å². The van der Waals surface area contributed by atoms with E-state index >= 15 is 0 Å². The molecule has 2 rings (SSSR count). The van der Waals surface area contributed by atoms with Crippen molar-refractivity contribution in [3.05, 3.63) is 65.7 Å². The van der Waals surface area contributed by atoms with Gasteiger partial charge in [0.2, 0.25) is 0 Å². The van der Waals surface area contributed by atoms with E-state index in [1.165, 1.54) is 5.56 Å². The van der Waals surface area contributed by atoms with Crippen molar-refractivity contribution in [3.63, 3.8) is 0 Å². The van der Waals surface area contributed by atoms with E-state index in [-0.39, 0.29) is 11.9 Å². The van der Waals surface area contributed by atoms with Gasteiger partial charge in [0.05, 0.1) is 6.04 Å². The van der Waals surface area contributed by atoms with Gasteiger partial charge < -0.3 is 10.6 Å². The molecule has 122 valence electrons. The summed E-state index contributed by atoms with van der Waals surface area (Å²) in [6.45, 7) is 6.38. The van der Waals surface area contributed by atoms with E-state index in [0.29, 0.717) is 6.04 Å². The Kier molecular flexibility index (Phi) is 6.36. The molecule has 0 saturated carbocycles. The minimum atomic E-state index is -0.220. The summed E-state index contributed by atoms with van der Waals surface area (Å²) in [6, 6.07) is 18.2. The van der Waals surface area contributed by atoms with Crippen molar-refractivity contribution in [2.45, 2.75) is 45.7 Å². The quantitative estimate of drug-likeness (QED) is 0.808. The Morgan fingerprint density at radius 3 is 2.17 bits per heavy atom. The maximum Gasteiger partial charge on any atom is 0.287 e. The molecule has 2 aromatic carbocycles. The summed E-state index contributed by atoms with van der Waals surface area (Å²) >= 11 is 0. The third-order valence-electron chi connectivity index (χ3n) is 4.27. The van der Waals surface area contributed by atoms with Crippen LogP contribution < -0.4 is 10.6 Å². The van der Waals surface area contributed by atoms with Crippen molar-refractivity contribution in [1.29, 1.82) is 0 Å². The van der Waals surface area contributed by atoms with E-state index in [1.807, 2.05) is 61.5 Å². The highest BCUT2D eigenvalue weighted by Crippen LogP contribution is 2.14. The molecule has 3 heteroatoms. The van der Waals surface area contributed by atoms with Gasteiger partial charge in [-0.05, 0) is 31.9 Å². The highest BCUT2D eigenvalue weighted by atomic mass is 16.2. The van der Waals surface area contributed by atoms with E-state index in [1.54, 1.807) is 0 Å². The molecule has 0 aliphatic rings. The summed E-state index contributed by atoms with van der Waals surface area (Å²) in [5.74, 6) is 0.0342. The number of aryl methyl sites for hydroxylation is 1. The minimum Gasteiger partial charge on any atom is -0.330 e. The molecule has 0 unspecified atom stereocenters. The first-order valence-corrected chi connectivity index (χ1v) is 8.41. The van der Waals surface area contributed by atoms with Gasteiger partial charge in [-0.2, -0.15) is 0 Å². The molecule has 0 spiro atoms. The van der Waals surface area contributed by atoms with Gasteiger partial charge in [0, 0.05) is 11.3 Å². The Morgan fingerprint density at radius 2 is 1.61 bits per heavy atom. The molecule has 3 nitrogen and oxygen atoms in total. The molecule has 0 bridgehead atoms. The summed E-state index contributed by atoms with van der Waals surface area (Å²) in [6.07, 6.45) is 2.11. The van der Waals surface area contributed by atoms with Crippen molar-refractivity contribution in [2.24, 2.45) is 0 Å². The third kappa shape index (κ3) is 4.93. The first kappa shape index (κ1) is 17.2. The topological polar surface area (TPSA) is 45.7 Å². The lowest BCUT2D eigenvalue weighted by atomic mass is 10.0. The predicted octanol–water partition coefficient (Wildman–Crippen LogP) is 3.43. The summed E-state index contributed by atoms with van der Waals surface area (Å²) in [4.78, 5) is 12.8. The van der Waals surface area contributed by atoms with Crippen LogP contribution in [0.4, 0.5) is 5.69 Å². The molecule has 1 amide bonds. The molecule has 0 heterocycles. The van der Waals surface area contributed by atoms with Crippen LogP contribution in [0.25, 0.3) is 0 Å². The second kappa shape index (κ2) is 8.49. The van der Waals surface area contributed by atoms with Crippen molar-refractivity contribution >= 4 is 11.6 Å². The lowest BCUT2D eigenvalue weighted by molar-refractivity contribution is -0.715. The maximum absolute atomic E-state index is 12.8. The third-order valence-corrected chi connectivity index (χ3v) is 4.27. The molecule has 0 fully saturated rings. The fraction of sp³-hybridized carbons (Fsp3) is 0.350. The number of rotatable bonds is 7. The average Bonchev–Trinajstić information content (AvgIpc) is 2.59. The van der Waals surface area contributed by atoms with Crippen molar-refractivity contribution in [2.75, 3.05) is 5.32 Å². The highest BCUT2D eigenvalue weighted by Gasteiger charge is 2.26. The number of anilines is 1. The van der Waals surface area contributed by atoms with Crippen molar-refractivity contribution < 1.29 is 10.1 Å². The molecule has 2 aromatic rings. The Morgan fingerprint density at radius 1 is 1.00 bits per heavy atom. The van der Waals surface area contributed by atoms with Gasteiger partial charge in [-0.1, -0.05) is 61.9 Å². The number of carbonyl (C=O) groups excluding carboxylic acids is 1. The summed E-state index contributed by atoms with van der Waals surface area (Å²) in [5, 5.41) is 5.24. The second-order valence-corrected chi connectivity index (χ2v) is 6.01. The van der Waals surface area contributed by atoms with E-state index in [2.05, 4.69) is 24.5 Å². The monoisotopic (exact) mass is 311 g/mol. The molecule has 1 atom stereocenters. The van der Waals surface area contributed by atoms with Crippen LogP contribution >= 0.6 is 0 Å². The smallest absolute Gasteiger partial charge is 0.287 e. The maximum atomic E-state index is 12.8. The number of nitrogens with one attached hydrogen (secondary N) is 1. The van der Waals surface area contributed by atoms with Crippen LogP contribution in [0.3, 0.4) is 0 Å². The fourth-order valence-electron chi connectivity index (χ4n) is 2.70. The lowest BCUT2D eigenvalue weighted by Crippen LogP contribution is -2.92. The minimum absolute atomic E-state index is 0.0342. The molecule has 0 aliphatic carbocycles. The number of carbonyl (C=O) groups is 1. The first-order valence-electron chi connectivity index (χ1n) is 8.41. The van der Waals surface area contributed by atoms with Crippen molar-refractivity contribution in [3.8, 4) is 0 Å². The molecular formula is C20H27N2O+. The van der Waals surface area contributed by atoms with Crippen LogP contribution in [0, 0.1) is 6.92 Å². The number of hydrogen-bond acceptors (Lipinski definition) is 1. The Hall–Kier alpha value is -2.13. The zero-order valence-electron chi connectivity index (χ0n) is 14.3. The largest absolute Gasteiger partial charge is 0.330 e. The zero-order valence-corrected chi connectivity index (χ0v) is 14.3. The first-order chi connectivity index (χ1) is 11.1. The van der Waals surface area contributed by atoms with Gasteiger partial charge in [0.15, 0.2) is 6.04 Å². The number of nitrogens with two attached hydrogens (primary N) is 1. The average molecular weight is 311 g/mol. The molecule has 3 N–H and O–H groups in total. The lowest BCUT2D eigenvalue weighted by Gasteiger charge is -2.21. The molecule has 0 saturated heterocycles. The van der Waals surface area contributed by atoms with E-state index < -0.39 is 0 Å². The normalized spacial score (nSPS) is 12.2. The SMILES string of the molecule is CCC(CC)[NH2+][C@@H](C(=O)Nc1ccc(C)cc1)c1ccccc1. The van der Waals surface area contributed by atoms with Crippen LogP contribution in [-0.4, -0.2) is 11.9 Å². The van der Waals surface area contributed by atoms with Gasteiger partial charge in [-0.3, -0.25) is 4.79 Å². The highest BCUT2D eigenvalue weighted by molar-refractivity contribution is 5.94. The number of hydrogen-bond donors (Lipinski definition) is 2. The van der Waals surface area contributed by atoms with Crippen LogP contribution in [-0.2, 0) is 4.79 Å². The predicted molar refractivity (Wildman–Crippen MR) is 95.3 cm³/mol. The Balaban J connectivity index is 2.18. The molecule has 0 aromatic heterocycles. The number of benzene rings is 2. The van der Waals surface area contributed by atoms with E-state index in [9.17, 15) is 4.79 Å². The molecule has 0 radical (unpaired) electrons. The van der Waals surface area contributed by atoms with Crippen LogP contribution in [0.1, 0.15) is 43.9 Å². The van der Waals surface area contributed by atoms with Gasteiger partial charge in [0.1, 0.15) is 0 Å². The van der Waals surface area contributed by atoms with Crippen LogP contribution in [0.15, 0.2) is 54.6 Å². The Bertz CT molecular complexity index is 603. The molecule has 0 aliphatic heterocycles. The number of quaternary nitrogens is 1. The van der Waals surface area contributed by atoms with Gasteiger partial charge in [-0.25, -0.2) is 0 Å². The van der Waals surface area contributed by atoms with Gasteiger partial charge >= 0.3 is 0 Å². The van der Waals surface area contributed by atoms with Crippen molar-refractivity contribution in [1.82, 2.24) is 0 Å².